The van der Waals surface area contributed by atoms with Crippen molar-refractivity contribution in [2.75, 3.05) is 7.11 Å². The SMILES string of the molecule is CC.COc1ccc([N+](=O)[O-])c(C)c1Br. The van der Waals surface area contributed by atoms with Gasteiger partial charge in [0.2, 0.25) is 0 Å². The first-order chi connectivity index (χ1) is 7.07. The maximum absolute atomic E-state index is 10.5. The predicted molar refractivity (Wildman–Crippen MR) is 63.4 cm³/mol. The summed E-state index contributed by atoms with van der Waals surface area (Å²) in [5.41, 5.74) is 0.664. The second-order valence-corrected chi connectivity index (χ2v) is 3.28. The monoisotopic (exact) mass is 275 g/mol. The van der Waals surface area contributed by atoms with Crippen LogP contribution in [0.5, 0.6) is 5.75 Å². The molecular weight excluding hydrogens is 262 g/mol. The molecule has 0 saturated carbocycles. The Bertz CT molecular complexity index is 353. The van der Waals surface area contributed by atoms with E-state index in [0.29, 0.717) is 15.8 Å². The lowest BCUT2D eigenvalue weighted by Gasteiger charge is -2.05. The molecule has 0 saturated heterocycles. The van der Waals surface area contributed by atoms with E-state index in [-0.39, 0.29) is 5.69 Å². The highest BCUT2D eigenvalue weighted by atomic mass is 79.9. The number of nitro groups is 1. The molecule has 0 N–H and O–H groups in total. The van der Waals surface area contributed by atoms with Gasteiger partial charge in [0, 0.05) is 11.6 Å². The van der Waals surface area contributed by atoms with Crippen LogP contribution < -0.4 is 4.74 Å². The Balaban J connectivity index is 0.000000921. The van der Waals surface area contributed by atoms with Crippen molar-refractivity contribution < 1.29 is 9.66 Å². The number of nitrogens with zero attached hydrogens (tertiary/aromatic N) is 1. The van der Waals surface area contributed by atoms with E-state index in [1.54, 1.807) is 13.0 Å². The van der Waals surface area contributed by atoms with E-state index in [1.165, 1.54) is 13.2 Å². The van der Waals surface area contributed by atoms with Gasteiger partial charge in [0.25, 0.3) is 5.69 Å². The van der Waals surface area contributed by atoms with Gasteiger partial charge in [-0.2, -0.15) is 0 Å². The van der Waals surface area contributed by atoms with Gasteiger partial charge in [-0.1, -0.05) is 13.8 Å². The van der Waals surface area contributed by atoms with Crippen LogP contribution >= 0.6 is 15.9 Å². The Morgan fingerprint density at radius 2 is 1.93 bits per heavy atom. The van der Waals surface area contributed by atoms with E-state index in [9.17, 15) is 10.1 Å². The summed E-state index contributed by atoms with van der Waals surface area (Å²) < 4.78 is 5.62. The molecule has 15 heavy (non-hydrogen) atoms. The summed E-state index contributed by atoms with van der Waals surface area (Å²) in [7, 11) is 1.52. The molecule has 5 heteroatoms. The lowest BCUT2D eigenvalue weighted by atomic mass is 10.2. The molecule has 0 aromatic heterocycles. The molecule has 0 aliphatic heterocycles. The highest BCUT2D eigenvalue weighted by Crippen LogP contribution is 2.33. The van der Waals surface area contributed by atoms with Gasteiger partial charge >= 0.3 is 0 Å². The summed E-state index contributed by atoms with van der Waals surface area (Å²) in [6.07, 6.45) is 0. The number of halogens is 1. The maximum atomic E-state index is 10.5. The summed E-state index contributed by atoms with van der Waals surface area (Å²) in [5.74, 6) is 0.600. The first-order valence-corrected chi connectivity index (χ1v) is 5.34. The number of hydrogen-bond donors (Lipinski definition) is 0. The molecule has 1 rings (SSSR count). The van der Waals surface area contributed by atoms with Crippen molar-refractivity contribution in [2.24, 2.45) is 0 Å². The summed E-state index contributed by atoms with van der Waals surface area (Å²) >= 11 is 3.23. The van der Waals surface area contributed by atoms with Crippen molar-refractivity contribution in [1.29, 1.82) is 0 Å². The zero-order valence-electron chi connectivity index (χ0n) is 9.20. The third kappa shape index (κ3) is 3.20. The number of ether oxygens (including phenoxy) is 1. The lowest BCUT2D eigenvalue weighted by Crippen LogP contribution is -1.94. The van der Waals surface area contributed by atoms with E-state index in [0.717, 1.165) is 0 Å². The van der Waals surface area contributed by atoms with Gasteiger partial charge in [0.15, 0.2) is 0 Å². The molecule has 84 valence electrons. The molecule has 1 aromatic carbocycles. The fourth-order valence-electron chi connectivity index (χ4n) is 1.01. The standard InChI is InChI=1S/C8H8BrNO3.C2H6/c1-5-6(10(11)12)3-4-7(13-2)8(5)9;1-2/h3-4H,1-2H3;1-2H3. The second-order valence-electron chi connectivity index (χ2n) is 2.48. The molecule has 0 fully saturated rings. The predicted octanol–water partition coefficient (Wildman–Crippen LogP) is 3.70. The Morgan fingerprint density at radius 1 is 1.40 bits per heavy atom. The number of hydrogen-bond acceptors (Lipinski definition) is 3. The van der Waals surface area contributed by atoms with Gasteiger partial charge < -0.3 is 4.74 Å². The number of rotatable bonds is 2. The minimum Gasteiger partial charge on any atom is -0.496 e. The third-order valence-electron chi connectivity index (χ3n) is 1.74. The van der Waals surface area contributed by atoms with Gasteiger partial charge in [-0.3, -0.25) is 10.1 Å². The molecule has 0 unspecified atom stereocenters. The largest absolute Gasteiger partial charge is 0.496 e. The zero-order chi connectivity index (χ0) is 12.0. The van der Waals surface area contributed by atoms with Crippen molar-refractivity contribution in [3.63, 3.8) is 0 Å². The fourth-order valence-corrected chi connectivity index (χ4v) is 1.50. The van der Waals surface area contributed by atoms with Crippen molar-refractivity contribution in [2.45, 2.75) is 20.8 Å². The average Bonchev–Trinajstić information content (AvgIpc) is 2.24. The van der Waals surface area contributed by atoms with Crippen LogP contribution in [0, 0.1) is 17.0 Å². The fraction of sp³-hybridized carbons (Fsp3) is 0.400. The quantitative estimate of drug-likeness (QED) is 0.611. The van der Waals surface area contributed by atoms with Gasteiger partial charge in [0.1, 0.15) is 5.75 Å². The molecule has 0 radical (unpaired) electrons. The molecule has 0 amide bonds. The molecule has 0 atom stereocenters. The van der Waals surface area contributed by atoms with Crippen LogP contribution in [0.15, 0.2) is 16.6 Å². The summed E-state index contributed by atoms with van der Waals surface area (Å²) in [4.78, 5) is 10.1. The Labute approximate surface area is 97.5 Å². The summed E-state index contributed by atoms with van der Waals surface area (Å²) in [6.45, 7) is 5.67. The van der Waals surface area contributed by atoms with Gasteiger partial charge in [-0.25, -0.2) is 0 Å². The van der Waals surface area contributed by atoms with E-state index >= 15 is 0 Å². The van der Waals surface area contributed by atoms with Crippen LogP contribution in [0.2, 0.25) is 0 Å². The van der Waals surface area contributed by atoms with Crippen LogP contribution in [-0.4, -0.2) is 12.0 Å². The molecule has 0 bridgehead atoms. The van der Waals surface area contributed by atoms with E-state index in [2.05, 4.69) is 15.9 Å². The van der Waals surface area contributed by atoms with Gasteiger partial charge in [0.05, 0.1) is 16.5 Å². The first kappa shape index (κ1) is 13.9. The second kappa shape index (κ2) is 6.40. The first-order valence-electron chi connectivity index (χ1n) is 4.55. The number of benzene rings is 1. The molecule has 0 spiro atoms. The Hall–Kier alpha value is -1.10. The normalized spacial score (nSPS) is 8.87. The highest BCUT2D eigenvalue weighted by molar-refractivity contribution is 9.10. The van der Waals surface area contributed by atoms with Crippen LogP contribution in [0.25, 0.3) is 0 Å². The smallest absolute Gasteiger partial charge is 0.273 e. The molecule has 1 aromatic rings. The Morgan fingerprint density at radius 3 is 2.33 bits per heavy atom. The molecule has 0 heterocycles. The van der Waals surface area contributed by atoms with E-state index in [4.69, 9.17) is 4.74 Å². The minimum atomic E-state index is -0.417. The highest BCUT2D eigenvalue weighted by Gasteiger charge is 2.15. The molecular formula is C10H14BrNO3. The zero-order valence-corrected chi connectivity index (χ0v) is 10.8. The average molecular weight is 276 g/mol. The van der Waals surface area contributed by atoms with Crippen molar-refractivity contribution in [3.05, 3.63) is 32.3 Å². The van der Waals surface area contributed by atoms with Gasteiger partial charge in [-0.05, 0) is 28.9 Å². The lowest BCUT2D eigenvalue weighted by molar-refractivity contribution is -0.385. The van der Waals surface area contributed by atoms with Gasteiger partial charge in [-0.15, -0.1) is 0 Å². The minimum absolute atomic E-state index is 0.0904. The van der Waals surface area contributed by atoms with Crippen LogP contribution in [0.3, 0.4) is 0 Å². The van der Waals surface area contributed by atoms with Crippen molar-refractivity contribution in [1.82, 2.24) is 0 Å². The number of methoxy groups -OCH3 is 1. The number of nitro benzene ring substituents is 1. The summed E-state index contributed by atoms with van der Waals surface area (Å²) in [6, 6.07) is 2.99. The van der Waals surface area contributed by atoms with Crippen molar-refractivity contribution in [3.8, 4) is 5.75 Å². The van der Waals surface area contributed by atoms with Crippen LogP contribution in [-0.2, 0) is 0 Å². The third-order valence-corrected chi connectivity index (χ3v) is 2.72. The van der Waals surface area contributed by atoms with E-state index < -0.39 is 4.92 Å². The van der Waals surface area contributed by atoms with Crippen molar-refractivity contribution >= 4 is 21.6 Å². The maximum Gasteiger partial charge on any atom is 0.273 e. The topological polar surface area (TPSA) is 52.4 Å². The van der Waals surface area contributed by atoms with Crippen LogP contribution in [0.4, 0.5) is 5.69 Å². The molecule has 4 nitrogen and oxygen atoms in total. The summed E-state index contributed by atoms with van der Waals surface area (Å²) in [5, 5.41) is 10.5. The van der Waals surface area contributed by atoms with Crippen LogP contribution in [0.1, 0.15) is 19.4 Å². The molecule has 0 aliphatic carbocycles. The Kier molecular flexibility index (Phi) is 5.93. The van der Waals surface area contributed by atoms with E-state index in [1.807, 2.05) is 13.8 Å². The molecule has 0 aliphatic rings.